The van der Waals surface area contributed by atoms with E-state index in [2.05, 4.69) is 37.7 Å². The Morgan fingerprint density at radius 3 is 2.60 bits per heavy atom. The van der Waals surface area contributed by atoms with Crippen molar-refractivity contribution >= 4 is 5.96 Å². The van der Waals surface area contributed by atoms with Crippen LogP contribution in [0.15, 0.2) is 17.6 Å². The lowest BCUT2D eigenvalue weighted by atomic mass is 10.0. The van der Waals surface area contributed by atoms with E-state index in [1.165, 1.54) is 12.8 Å². The first kappa shape index (κ1) is 14.0. The van der Waals surface area contributed by atoms with Crippen LogP contribution < -0.4 is 11.1 Å². The SMILES string of the molecule is C=CCN=C(N)NC(C)CCCC(C)C. The van der Waals surface area contributed by atoms with Gasteiger partial charge in [-0.3, -0.25) is 0 Å². The Morgan fingerprint density at radius 2 is 2.07 bits per heavy atom. The highest BCUT2D eigenvalue weighted by molar-refractivity contribution is 5.78. The van der Waals surface area contributed by atoms with Gasteiger partial charge in [-0.15, -0.1) is 6.58 Å². The summed E-state index contributed by atoms with van der Waals surface area (Å²) in [6, 6.07) is 0.400. The van der Waals surface area contributed by atoms with Gasteiger partial charge in [0.05, 0.1) is 6.54 Å². The lowest BCUT2D eigenvalue weighted by molar-refractivity contribution is 0.493. The molecule has 0 saturated carbocycles. The summed E-state index contributed by atoms with van der Waals surface area (Å²) in [5.41, 5.74) is 5.68. The van der Waals surface area contributed by atoms with E-state index >= 15 is 0 Å². The van der Waals surface area contributed by atoms with Crippen molar-refractivity contribution in [1.29, 1.82) is 0 Å². The van der Waals surface area contributed by atoms with Crippen LogP contribution in [0.4, 0.5) is 0 Å². The van der Waals surface area contributed by atoms with Gasteiger partial charge in [-0.05, 0) is 19.3 Å². The highest BCUT2D eigenvalue weighted by atomic mass is 15.1. The number of hydrogen-bond donors (Lipinski definition) is 2. The summed E-state index contributed by atoms with van der Waals surface area (Å²) < 4.78 is 0. The molecule has 0 aliphatic carbocycles. The van der Waals surface area contributed by atoms with Crippen LogP contribution in [0.2, 0.25) is 0 Å². The Bertz CT molecular complexity index is 197. The van der Waals surface area contributed by atoms with Crippen molar-refractivity contribution in [3.63, 3.8) is 0 Å². The standard InChI is InChI=1S/C12H25N3/c1-5-9-14-12(13)15-11(4)8-6-7-10(2)3/h5,10-11H,1,6-9H2,2-4H3,(H3,13,14,15). The molecule has 0 aromatic carbocycles. The van der Waals surface area contributed by atoms with Crippen LogP contribution in [0.5, 0.6) is 0 Å². The number of nitrogens with two attached hydrogens (primary N) is 1. The van der Waals surface area contributed by atoms with Crippen molar-refractivity contribution in [3.05, 3.63) is 12.7 Å². The minimum atomic E-state index is 0.400. The maximum Gasteiger partial charge on any atom is 0.189 e. The average molecular weight is 211 g/mol. The molecule has 88 valence electrons. The number of nitrogens with one attached hydrogen (secondary N) is 1. The molecule has 0 aliphatic rings. The lowest BCUT2D eigenvalue weighted by Crippen LogP contribution is -2.38. The van der Waals surface area contributed by atoms with Gasteiger partial charge in [0.15, 0.2) is 5.96 Å². The summed E-state index contributed by atoms with van der Waals surface area (Å²) in [5.74, 6) is 1.30. The number of nitrogens with zero attached hydrogens (tertiary/aromatic N) is 1. The molecule has 0 amide bonds. The van der Waals surface area contributed by atoms with Gasteiger partial charge in [-0.1, -0.05) is 32.8 Å². The van der Waals surface area contributed by atoms with Gasteiger partial charge in [0.25, 0.3) is 0 Å². The van der Waals surface area contributed by atoms with Gasteiger partial charge >= 0.3 is 0 Å². The molecule has 15 heavy (non-hydrogen) atoms. The van der Waals surface area contributed by atoms with Gasteiger partial charge in [-0.2, -0.15) is 0 Å². The van der Waals surface area contributed by atoms with E-state index in [-0.39, 0.29) is 0 Å². The second-order valence-electron chi connectivity index (χ2n) is 4.38. The van der Waals surface area contributed by atoms with E-state index in [4.69, 9.17) is 5.73 Å². The van der Waals surface area contributed by atoms with Crippen LogP contribution in [0.1, 0.15) is 40.0 Å². The summed E-state index contributed by atoms with van der Waals surface area (Å²) in [7, 11) is 0. The first-order valence-electron chi connectivity index (χ1n) is 5.73. The van der Waals surface area contributed by atoms with E-state index in [9.17, 15) is 0 Å². The van der Waals surface area contributed by atoms with Gasteiger partial charge in [-0.25, -0.2) is 4.99 Å². The summed E-state index contributed by atoms with van der Waals surface area (Å²) in [5, 5.41) is 3.17. The molecule has 0 radical (unpaired) electrons. The molecule has 0 saturated heterocycles. The molecule has 0 aromatic rings. The van der Waals surface area contributed by atoms with Crippen LogP contribution in [0.3, 0.4) is 0 Å². The van der Waals surface area contributed by atoms with Gasteiger partial charge < -0.3 is 11.1 Å². The molecule has 3 N–H and O–H groups in total. The molecule has 0 heterocycles. The minimum absolute atomic E-state index is 0.400. The first-order chi connectivity index (χ1) is 7.06. The molecule has 0 spiro atoms. The maximum absolute atomic E-state index is 5.68. The lowest BCUT2D eigenvalue weighted by Gasteiger charge is -2.14. The van der Waals surface area contributed by atoms with Crippen molar-refractivity contribution in [2.24, 2.45) is 16.6 Å². The van der Waals surface area contributed by atoms with Crippen LogP contribution in [-0.4, -0.2) is 18.5 Å². The quantitative estimate of drug-likeness (QED) is 0.385. The van der Waals surface area contributed by atoms with E-state index in [1.807, 2.05) is 0 Å². The van der Waals surface area contributed by atoms with Crippen LogP contribution in [0, 0.1) is 5.92 Å². The third-order valence-corrected chi connectivity index (χ3v) is 2.20. The third-order valence-electron chi connectivity index (χ3n) is 2.20. The zero-order valence-electron chi connectivity index (χ0n) is 10.3. The average Bonchev–Trinajstić information content (AvgIpc) is 2.14. The topological polar surface area (TPSA) is 50.4 Å². The molecule has 1 unspecified atom stereocenters. The fourth-order valence-electron chi connectivity index (χ4n) is 1.37. The third kappa shape index (κ3) is 9.32. The number of aliphatic imine (C=N–C) groups is 1. The first-order valence-corrected chi connectivity index (χ1v) is 5.73. The van der Waals surface area contributed by atoms with Crippen molar-refractivity contribution in [3.8, 4) is 0 Å². The highest BCUT2D eigenvalue weighted by Crippen LogP contribution is 2.07. The summed E-state index contributed by atoms with van der Waals surface area (Å²) in [6.07, 6.45) is 5.39. The largest absolute Gasteiger partial charge is 0.370 e. The van der Waals surface area contributed by atoms with Crippen LogP contribution in [-0.2, 0) is 0 Å². The zero-order valence-corrected chi connectivity index (χ0v) is 10.3. The van der Waals surface area contributed by atoms with E-state index in [0.717, 1.165) is 12.3 Å². The normalized spacial score (nSPS) is 14.0. The Balaban J connectivity index is 3.63. The number of hydrogen-bond acceptors (Lipinski definition) is 1. The van der Waals surface area contributed by atoms with E-state index in [0.29, 0.717) is 18.5 Å². The number of rotatable bonds is 7. The van der Waals surface area contributed by atoms with Crippen LogP contribution in [0.25, 0.3) is 0 Å². The fraction of sp³-hybridized carbons (Fsp3) is 0.750. The second-order valence-corrected chi connectivity index (χ2v) is 4.38. The van der Waals surface area contributed by atoms with Crippen molar-refractivity contribution in [2.75, 3.05) is 6.54 Å². The zero-order chi connectivity index (χ0) is 11.7. The molecule has 0 rings (SSSR count). The molecule has 0 aliphatic heterocycles. The molecular weight excluding hydrogens is 186 g/mol. The van der Waals surface area contributed by atoms with Gasteiger partial charge in [0.1, 0.15) is 0 Å². The molecule has 3 nitrogen and oxygen atoms in total. The predicted molar refractivity (Wildman–Crippen MR) is 68.0 cm³/mol. The molecular formula is C12H25N3. The number of guanidine groups is 1. The Hall–Kier alpha value is -0.990. The Kier molecular flexibility index (Phi) is 7.78. The highest BCUT2D eigenvalue weighted by Gasteiger charge is 2.03. The van der Waals surface area contributed by atoms with Crippen LogP contribution >= 0.6 is 0 Å². The molecule has 3 heteroatoms. The maximum atomic E-state index is 5.68. The monoisotopic (exact) mass is 211 g/mol. The molecule has 0 fully saturated rings. The van der Waals surface area contributed by atoms with Crippen molar-refractivity contribution in [2.45, 2.75) is 46.1 Å². The fourth-order valence-corrected chi connectivity index (χ4v) is 1.37. The van der Waals surface area contributed by atoms with Gasteiger partial charge in [0, 0.05) is 6.04 Å². The van der Waals surface area contributed by atoms with Crippen molar-refractivity contribution in [1.82, 2.24) is 5.32 Å². The Morgan fingerprint density at radius 1 is 1.40 bits per heavy atom. The summed E-state index contributed by atoms with van der Waals surface area (Å²) in [4.78, 5) is 4.09. The molecule has 0 bridgehead atoms. The van der Waals surface area contributed by atoms with E-state index < -0.39 is 0 Å². The summed E-state index contributed by atoms with van der Waals surface area (Å²) in [6.45, 7) is 10.8. The minimum Gasteiger partial charge on any atom is -0.370 e. The predicted octanol–water partition coefficient (Wildman–Crippen LogP) is 2.29. The molecule has 0 aromatic heterocycles. The Labute approximate surface area is 93.8 Å². The van der Waals surface area contributed by atoms with E-state index in [1.54, 1.807) is 6.08 Å². The summed E-state index contributed by atoms with van der Waals surface area (Å²) >= 11 is 0. The molecule has 1 atom stereocenters. The van der Waals surface area contributed by atoms with Crippen molar-refractivity contribution < 1.29 is 0 Å². The van der Waals surface area contributed by atoms with Gasteiger partial charge in [0.2, 0.25) is 0 Å². The second kappa shape index (κ2) is 8.33. The smallest absolute Gasteiger partial charge is 0.189 e.